The minimum Gasteiger partial charge on any atom is -0.496 e. The molecule has 2 aromatic carbocycles. The van der Waals surface area contributed by atoms with Gasteiger partial charge in [-0.2, -0.15) is 0 Å². The Morgan fingerprint density at radius 3 is 2.14 bits per heavy atom. The van der Waals surface area contributed by atoms with E-state index in [1.54, 1.807) is 14.2 Å². The standard InChI is InChI=1S/C14H14BrNO3.C11H12O2.3CH4/c1-19-11-3-2-10(15)9-7-14(5-4-8(9)11)12(17)6-13(18)16-14;1-13-11-4-2-3-8-7-9(12)5-6-10(8)11;;;/h2-3H,4-7H2,1H3,(H,16,18);2-4H,5-7H2,1H3;3*1H4. The molecular formula is C28H38BrNO5. The number of halogens is 1. The van der Waals surface area contributed by atoms with Gasteiger partial charge in [0.2, 0.25) is 5.91 Å². The van der Waals surface area contributed by atoms with Crippen molar-refractivity contribution < 1.29 is 23.9 Å². The summed E-state index contributed by atoms with van der Waals surface area (Å²) in [5, 5.41) is 2.87. The Morgan fingerprint density at radius 2 is 1.51 bits per heavy atom. The topological polar surface area (TPSA) is 81.7 Å². The molecule has 1 atom stereocenters. The second-order valence-electron chi connectivity index (χ2n) is 8.43. The second kappa shape index (κ2) is 12.3. The number of rotatable bonds is 2. The summed E-state index contributed by atoms with van der Waals surface area (Å²) in [6.45, 7) is 0. The van der Waals surface area contributed by atoms with Gasteiger partial charge < -0.3 is 14.8 Å². The average molecular weight is 549 g/mol. The summed E-state index contributed by atoms with van der Waals surface area (Å²) in [6.07, 6.45) is 4.01. The lowest BCUT2D eigenvalue weighted by Gasteiger charge is -2.34. The second-order valence-corrected chi connectivity index (χ2v) is 9.28. The molecule has 0 saturated carbocycles. The number of benzene rings is 2. The van der Waals surface area contributed by atoms with Gasteiger partial charge in [-0.15, -0.1) is 0 Å². The number of hydrogen-bond donors (Lipinski definition) is 1. The molecule has 1 saturated heterocycles. The Morgan fingerprint density at radius 1 is 0.829 bits per heavy atom. The van der Waals surface area contributed by atoms with Crippen LogP contribution in [0.4, 0.5) is 0 Å². The van der Waals surface area contributed by atoms with E-state index in [1.165, 1.54) is 5.56 Å². The molecule has 1 spiro atoms. The van der Waals surface area contributed by atoms with Crippen LogP contribution in [-0.4, -0.2) is 37.2 Å². The van der Waals surface area contributed by atoms with Gasteiger partial charge in [-0.25, -0.2) is 0 Å². The molecular weight excluding hydrogens is 510 g/mol. The van der Waals surface area contributed by atoms with E-state index in [0.717, 1.165) is 45.5 Å². The largest absolute Gasteiger partial charge is 0.496 e. The predicted octanol–water partition coefficient (Wildman–Crippen LogP) is 5.44. The first-order valence-electron chi connectivity index (χ1n) is 10.7. The first-order valence-corrected chi connectivity index (χ1v) is 11.5. The highest BCUT2D eigenvalue weighted by Crippen LogP contribution is 2.40. The molecule has 2 aliphatic carbocycles. The molecule has 192 valence electrons. The molecule has 35 heavy (non-hydrogen) atoms. The molecule has 7 heteroatoms. The first kappa shape index (κ1) is 30.4. The maximum atomic E-state index is 12.1. The highest BCUT2D eigenvalue weighted by Gasteiger charge is 2.48. The van der Waals surface area contributed by atoms with Gasteiger partial charge in [0, 0.05) is 23.7 Å². The number of amides is 1. The van der Waals surface area contributed by atoms with Crippen LogP contribution in [0.15, 0.2) is 34.8 Å². The maximum Gasteiger partial charge on any atom is 0.228 e. The van der Waals surface area contributed by atoms with Crippen LogP contribution in [0.5, 0.6) is 11.5 Å². The number of hydrogen-bond acceptors (Lipinski definition) is 5. The van der Waals surface area contributed by atoms with Gasteiger partial charge >= 0.3 is 0 Å². The fourth-order valence-corrected chi connectivity index (χ4v) is 5.40. The number of carbonyl (C=O) groups excluding carboxylic acids is 3. The summed E-state index contributed by atoms with van der Waals surface area (Å²) in [7, 11) is 3.32. The van der Waals surface area contributed by atoms with E-state index in [1.807, 2.05) is 30.3 Å². The minimum absolute atomic E-state index is 0. The fourth-order valence-electron chi connectivity index (χ4n) is 4.89. The molecule has 0 aromatic heterocycles. The molecule has 0 bridgehead atoms. The molecule has 5 rings (SSSR count). The van der Waals surface area contributed by atoms with E-state index in [0.29, 0.717) is 31.5 Å². The lowest BCUT2D eigenvalue weighted by Crippen LogP contribution is -2.50. The van der Waals surface area contributed by atoms with Crippen molar-refractivity contribution in [3.05, 3.63) is 57.1 Å². The van der Waals surface area contributed by atoms with Crippen LogP contribution in [-0.2, 0) is 40.1 Å². The summed E-state index contributed by atoms with van der Waals surface area (Å²) >= 11 is 3.53. The van der Waals surface area contributed by atoms with Crippen LogP contribution in [0.3, 0.4) is 0 Å². The van der Waals surface area contributed by atoms with Gasteiger partial charge in [-0.3, -0.25) is 14.4 Å². The first-order chi connectivity index (χ1) is 15.4. The van der Waals surface area contributed by atoms with Crippen LogP contribution in [0.1, 0.15) is 63.8 Å². The molecule has 1 fully saturated rings. The predicted molar refractivity (Wildman–Crippen MR) is 143 cm³/mol. The lowest BCUT2D eigenvalue weighted by atomic mass is 9.76. The van der Waals surface area contributed by atoms with Crippen molar-refractivity contribution in [3.63, 3.8) is 0 Å². The maximum absolute atomic E-state index is 12.1. The van der Waals surface area contributed by atoms with Crippen molar-refractivity contribution in [3.8, 4) is 11.5 Å². The van der Waals surface area contributed by atoms with E-state index in [9.17, 15) is 14.4 Å². The van der Waals surface area contributed by atoms with E-state index in [2.05, 4.69) is 21.2 Å². The number of Topliss-reactive ketones (excluding diaryl/α,β-unsaturated/α-hetero) is 2. The van der Waals surface area contributed by atoms with Gasteiger partial charge in [0.1, 0.15) is 22.8 Å². The fraction of sp³-hybridized carbons (Fsp3) is 0.464. The molecule has 1 aliphatic heterocycles. The zero-order valence-corrected chi connectivity index (χ0v) is 19.8. The third-order valence-corrected chi connectivity index (χ3v) is 7.30. The Labute approximate surface area is 217 Å². The minimum atomic E-state index is -0.695. The van der Waals surface area contributed by atoms with Crippen molar-refractivity contribution in [1.82, 2.24) is 5.32 Å². The number of fused-ring (bicyclic) bond motifs is 2. The Balaban J connectivity index is 0.000000341. The van der Waals surface area contributed by atoms with Crippen LogP contribution in [0, 0.1) is 0 Å². The third-order valence-electron chi connectivity index (χ3n) is 6.56. The van der Waals surface area contributed by atoms with E-state index in [-0.39, 0.29) is 40.4 Å². The highest BCUT2D eigenvalue weighted by molar-refractivity contribution is 9.10. The SMILES string of the molecule is C.C.C.COc1ccc(Br)c2c1CCC1(C2)NC(=O)CC1=O.COc1cccc2c1CCC(=O)C2. The molecule has 1 unspecified atom stereocenters. The molecule has 0 radical (unpaired) electrons. The summed E-state index contributed by atoms with van der Waals surface area (Å²) in [5.74, 6) is 1.96. The number of ether oxygens (including phenoxy) is 2. The summed E-state index contributed by atoms with van der Waals surface area (Å²) < 4.78 is 11.6. The number of methoxy groups -OCH3 is 2. The lowest BCUT2D eigenvalue weighted by molar-refractivity contribution is -0.123. The summed E-state index contributed by atoms with van der Waals surface area (Å²) in [6, 6.07) is 9.76. The van der Waals surface area contributed by atoms with Crippen molar-refractivity contribution in [1.29, 1.82) is 0 Å². The molecule has 1 heterocycles. The van der Waals surface area contributed by atoms with Gasteiger partial charge in [0.25, 0.3) is 0 Å². The van der Waals surface area contributed by atoms with Crippen molar-refractivity contribution in [2.45, 2.75) is 72.8 Å². The van der Waals surface area contributed by atoms with Crippen molar-refractivity contribution in [2.24, 2.45) is 0 Å². The van der Waals surface area contributed by atoms with Crippen molar-refractivity contribution in [2.75, 3.05) is 14.2 Å². The van der Waals surface area contributed by atoms with Crippen LogP contribution >= 0.6 is 15.9 Å². The van der Waals surface area contributed by atoms with E-state index >= 15 is 0 Å². The van der Waals surface area contributed by atoms with Crippen molar-refractivity contribution >= 4 is 33.4 Å². The van der Waals surface area contributed by atoms with Gasteiger partial charge in [-0.05, 0) is 59.7 Å². The smallest absolute Gasteiger partial charge is 0.228 e. The Kier molecular flexibility index (Phi) is 10.7. The Bertz CT molecular complexity index is 1100. The zero-order chi connectivity index (χ0) is 22.9. The monoisotopic (exact) mass is 547 g/mol. The Hall–Kier alpha value is -2.67. The summed E-state index contributed by atoms with van der Waals surface area (Å²) in [5.41, 5.74) is 3.86. The van der Waals surface area contributed by atoms with Crippen LogP contribution in [0.2, 0.25) is 0 Å². The molecule has 1 N–H and O–H groups in total. The van der Waals surface area contributed by atoms with E-state index in [4.69, 9.17) is 9.47 Å². The molecule has 6 nitrogen and oxygen atoms in total. The van der Waals surface area contributed by atoms with Gasteiger partial charge in [-0.1, -0.05) is 50.3 Å². The third kappa shape index (κ3) is 5.95. The normalized spacial score (nSPS) is 19.5. The molecule has 1 amide bonds. The number of ketones is 2. The zero-order valence-electron chi connectivity index (χ0n) is 18.3. The quantitative estimate of drug-likeness (QED) is 0.506. The van der Waals surface area contributed by atoms with Crippen LogP contribution < -0.4 is 14.8 Å². The van der Waals surface area contributed by atoms with Gasteiger partial charge in [0.05, 0.1) is 20.6 Å². The van der Waals surface area contributed by atoms with Gasteiger partial charge in [0.15, 0.2) is 5.78 Å². The molecule has 3 aliphatic rings. The number of nitrogens with one attached hydrogen (secondary N) is 1. The highest BCUT2D eigenvalue weighted by atomic mass is 79.9. The molecule has 2 aromatic rings. The number of carbonyl (C=O) groups is 3. The summed E-state index contributed by atoms with van der Waals surface area (Å²) in [4.78, 5) is 34.8. The average Bonchev–Trinajstić information content (AvgIpc) is 3.06. The van der Waals surface area contributed by atoms with E-state index < -0.39 is 5.54 Å². The van der Waals surface area contributed by atoms with Crippen LogP contribution in [0.25, 0.3) is 0 Å².